The van der Waals surface area contributed by atoms with Crippen molar-refractivity contribution in [1.82, 2.24) is 0 Å². The van der Waals surface area contributed by atoms with Crippen molar-refractivity contribution in [1.29, 1.82) is 0 Å². The number of rotatable bonds is 9. The maximum Gasteiger partial charge on any atom is 0.0677 e. The Labute approximate surface area is 365 Å². The van der Waals surface area contributed by atoms with Crippen molar-refractivity contribution in [2.24, 2.45) is 0 Å². The van der Waals surface area contributed by atoms with Crippen LogP contribution in [0.15, 0.2) is 254 Å². The molecule has 0 aliphatic heterocycles. The lowest BCUT2D eigenvalue weighted by atomic mass is 9.65. The van der Waals surface area contributed by atoms with Crippen molar-refractivity contribution in [3.8, 4) is 44.5 Å². The molecule has 0 N–H and O–H groups in total. The smallest absolute Gasteiger partial charge is 0.0677 e. The number of benzene rings is 9. The Bertz CT molecular complexity index is 3050. The average molecular weight is 792 g/mol. The summed E-state index contributed by atoms with van der Waals surface area (Å²) in [6, 6.07) is 86.8. The number of hydrogen-bond acceptors (Lipinski definition) is 1. The molecule has 0 saturated heterocycles. The zero-order valence-electron chi connectivity index (χ0n) is 34.5. The number of nitrogens with zero attached hydrogens (tertiary/aromatic N) is 1. The maximum atomic E-state index is 2.50. The molecule has 9 aromatic carbocycles. The number of anilines is 3. The molecule has 0 atom stereocenters. The summed E-state index contributed by atoms with van der Waals surface area (Å²) in [6.45, 7) is 0. The SMILES string of the molecule is C1=CC2=C(CC1)C(c1ccccc1)(c1ccccc1)c1cc(N(c3ccc(-c4ccccc4)cc3)c3ccccc3-c3ccccc3-c3ccccc3-c3ccccc3)ccc12. The van der Waals surface area contributed by atoms with E-state index in [0.717, 1.165) is 35.5 Å². The van der Waals surface area contributed by atoms with E-state index in [-0.39, 0.29) is 0 Å². The molecule has 2 aliphatic rings. The second-order valence-electron chi connectivity index (χ2n) is 16.3. The predicted octanol–water partition coefficient (Wildman–Crippen LogP) is 16.3. The highest BCUT2D eigenvalue weighted by atomic mass is 15.1. The van der Waals surface area contributed by atoms with Gasteiger partial charge in [0.05, 0.1) is 11.1 Å². The van der Waals surface area contributed by atoms with Gasteiger partial charge in [-0.25, -0.2) is 0 Å². The molecular formula is C61H45N. The first kappa shape index (κ1) is 37.3. The minimum absolute atomic E-state index is 0.440. The number of fused-ring (bicyclic) bond motifs is 2. The van der Waals surface area contributed by atoms with E-state index < -0.39 is 5.41 Å². The summed E-state index contributed by atoms with van der Waals surface area (Å²) in [7, 11) is 0. The Morgan fingerprint density at radius 2 is 0.823 bits per heavy atom. The van der Waals surface area contributed by atoms with Crippen molar-refractivity contribution in [3.05, 3.63) is 277 Å². The van der Waals surface area contributed by atoms with Crippen molar-refractivity contribution in [2.45, 2.75) is 18.3 Å². The van der Waals surface area contributed by atoms with E-state index in [4.69, 9.17) is 0 Å². The molecule has 9 aromatic rings. The quantitative estimate of drug-likeness (QED) is 0.141. The van der Waals surface area contributed by atoms with Crippen LogP contribution in [-0.4, -0.2) is 0 Å². The molecular weight excluding hydrogens is 747 g/mol. The van der Waals surface area contributed by atoms with Crippen molar-refractivity contribution in [2.75, 3.05) is 4.90 Å². The van der Waals surface area contributed by atoms with E-state index in [2.05, 4.69) is 254 Å². The van der Waals surface area contributed by atoms with Crippen LogP contribution < -0.4 is 4.90 Å². The largest absolute Gasteiger partial charge is 0.310 e. The summed E-state index contributed by atoms with van der Waals surface area (Å²) < 4.78 is 0. The molecule has 0 fully saturated rings. The minimum Gasteiger partial charge on any atom is -0.310 e. The van der Waals surface area contributed by atoms with Crippen LogP contribution in [-0.2, 0) is 5.41 Å². The third-order valence-electron chi connectivity index (χ3n) is 12.9. The van der Waals surface area contributed by atoms with E-state index in [9.17, 15) is 0 Å². The number of hydrogen-bond donors (Lipinski definition) is 0. The molecule has 0 heterocycles. The van der Waals surface area contributed by atoms with Crippen LogP contribution in [0.4, 0.5) is 17.1 Å². The van der Waals surface area contributed by atoms with Crippen LogP contribution in [0.25, 0.3) is 50.1 Å². The zero-order chi connectivity index (χ0) is 41.3. The van der Waals surface area contributed by atoms with Crippen LogP contribution in [0.5, 0.6) is 0 Å². The first-order valence-corrected chi connectivity index (χ1v) is 21.7. The monoisotopic (exact) mass is 791 g/mol. The third-order valence-corrected chi connectivity index (χ3v) is 12.9. The van der Waals surface area contributed by atoms with Gasteiger partial charge in [-0.2, -0.15) is 0 Å². The van der Waals surface area contributed by atoms with Crippen molar-refractivity contribution in [3.63, 3.8) is 0 Å². The van der Waals surface area contributed by atoms with Crippen molar-refractivity contribution >= 4 is 22.6 Å². The second kappa shape index (κ2) is 16.0. The van der Waals surface area contributed by atoms with E-state index in [1.165, 1.54) is 72.3 Å². The van der Waals surface area contributed by atoms with Gasteiger partial charge in [0.25, 0.3) is 0 Å². The van der Waals surface area contributed by atoms with Gasteiger partial charge in [-0.15, -0.1) is 0 Å². The first-order chi connectivity index (χ1) is 30.8. The molecule has 2 aliphatic carbocycles. The Morgan fingerprint density at radius 3 is 1.45 bits per heavy atom. The van der Waals surface area contributed by atoms with Gasteiger partial charge >= 0.3 is 0 Å². The Hall–Kier alpha value is -7.74. The van der Waals surface area contributed by atoms with Crippen LogP contribution in [0.1, 0.15) is 35.1 Å². The van der Waals surface area contributed by atoms with Crippen LogP contribution in [0.2, 0.25) is 0 Å². The summed E-state index contributed by atoms with van der Waals surface area (Å²) in [5.74, 6) is 0. The molecule has 0 spiro atoms. The first-order valence-electron chi connectivity index (χ1n) is 21.7. The number of allylic oxidation sites excluding steroid dienone is 4. The Morgan fingerprint density at radius 1 is 0.355 bits per heavy atom. The van der Waals surface area contributed by atoms with E-state index in [1.807, 2.05) is 0 Å². The molecule has 0 amide bonds. The summed E-state index contributed by atoms with van der Waals surface area (Å²) in [5.41, 5.74) is 20.5. The highest BCUT2D eigenvalue weighted by Gasteiger charge is 2.47. The zero-order valence-corrected chi connectivity index (χ0v) is 34.5. The van der Waals surface area contributed by atoms with Crippen LogP contribution in [0.3, 0.4) is 0 Å². The molecule has 294 valence electrons. The molecule has 1 nitrogen and oxygen atoms in total. The minimum atomic E-state index is -0.440. The van der Waals surface area contributed by atoms with Gasteiger partial charge in [0, 0.05) is 16.9 Å². The molecule has 1 heteroatoms. The van der Waals surface area contributed by atoms with Gasteiger partial charge in [0.2, 0.25) is 0 Å². The molecule has 11 rings (SSSR count). The summed E-state index contributed by atoms with van der Waals surface area (Å²) in [5, 5.41) is 0. The maximum absolute atomic E-state index is 2.50. The van der Waals surface area contributed by atoms with E-state index in [0.29, 0.717) is 0 Å². The van der Waals surface area contributed by atoms with Gasteiger partial charge in [-0.3, -0.25) is 0 Å². The predicted molar refractivity (Wildman–Crippen MR) is 261 cm³/mol. The Balaban J connectivity index is 1.15. The van der Waals surface area contributed by atoms with Gasteiger partial charge in [-0.1, -0.05) is 218 Å². The molecule has 0 unspecified atom stereocenters. The average Bonchev–Trinajstić information content (AvgIpc) is 3.66. The van der Waals surface area contributed by atoms with Gasteiger partial charge < -0.3 is 4.90 Å². The highest BCUT2D eigenvalue weighted by molar-refractivity contribution is 5.98. The number of para-hydroxylation sites is 1. The topological polar surface area (TPSA) is 3.24 Å². The van der Waals surface area contributed by atoms with E-state index >= 15 is 0 Å². The van der Waals surface area contributed by atoms with E-state index in [1.54, 1.807) is 0 Å². The van der Waals surface area contributed by atoms with Gasteiger partial charge in [0.1, 0.15) is 0 Å². The fourth-order valence-electron chi connectivity index (χ4n) is 10.2. The standard InChI is InChI=1S/C61H45N/c1-5-21-44(22-6-1)45-37-39-49(40-38-45)62(60-36-20-18-34-57(60)54-32-16-15-31-53(54)52-30-14-13-29-51(52)46-23-7-2-8-24-46)50-41-42-56-55-33-17-19-35-58(55)61(59(56)43-50,47-25-9-3-10-26-47)48-27-11-4-12-28-48/h1-18,20-34,36-43H,19,35H2. The van der Waals surface area contributed by atoms with Crippen molar-refractivity contribution < 1.29 is 0 Å². The second-order valence-corrected chi connectivity index (χ2v) is 16.3. The lowest BCUT2D eigenvalue weighted by Gasteiger charge is -2.37. The fraction of sp³-hybridized carbons (Fsp3) is 0.0492. The van der Waals surface area contributed by atoms with Crippen LogP contribution >= 0.6 is 0 Å². The third kappa shape index (κ3) is 6.33. The van der Waals surface area contributed by atoms with Gasteiger partial charge in [0.15, 0.2) is 0 Å². The van der Waals surface area contributed by atoms with Gasteiger partial charge in [-0.05, 0) is 116 Å². The summed E-state index contributed by atoms with van der Waals surface area (Å²) >= 11 is 0. The molecule has 62 heavy (non-hydrogen) atoms. The molecule has 0 bridgehead atoms. The highest BCUT2D eigenvalue weighted by Crippen LogP contribution is 2.58. The normalized spacial score (nSPS) is 13.7. The molecule has 0 aromatic heterocycles. The Kier molecular flexibility index (Phi) is 9.64. The lowest BCUT2D eigenvalue weighted by molar-refractivity contribution is 0.696. The van der Waals surface area contributed by atoms with Crippen LogP contribution in [0, 0.1) is 0 Å². The fourth-order valence-corrected chi connectivity index (χ4v) is 10.2. The molecule has 0 saturated carbocycles. The lowest BCUT2D eigenvalue weighted by Crippen LogP contribution is -2.30. The summed E-state index contributed by atoms with van der Waals surface area (Å²) in [4.78, 5) is 2.48. The summed E-state index contributed by atoms with van der Waals surface area (Å²) in [6.07, 6.45) is 6.77. The molecule has 0 radical (unpaired) electrons.